The van der Waals surface area contributed by atoms with Crippen molar-refractivity contribution in [1.29, 1.82) is 0 Å². The molecule has 4 N–H and O–H groups in total. The van der Waals surface area contributed by atoms with Crippen molar-refractivity contribution in [2.45, 2.75) is 25.9 Å². The second-order valence-corrected chi connectivity index (χ2v) is 3.10. The standard InChI is InChI=1S/C5H11NO2.C3H7NO2/c1-4(5(7)8)6(2)3;1-2(4)3(5)6/h4H,1-3H3,(H,7,8);2H,4H2,1H3,(H,5,6)/t;2-/m.0/s1. The van der Waals surface area contributed by atoms with Gasteiger partial charge < -0.3 is 15.9 Å². The Labute approximate surface area is 83.3 Å². The van der Waals surface area contributed by atoms with E-state index in [-0.39, 0.29) is 6.04 Å². The van der Waals surface area contributed by atoms with Crippen molar-refractivity contribution in [2.24, 2.45) is 5.73 Å². The zero-order valence-electron chi connectivity index (χ0n) is 8.89. The van der Waals surface area contributed by atoms with Crippen LogP contribution >= 0.6 is 0 Å². The van der Waals surface area contributed by atoms with E-state index in [0.717, 1.165) is 0 Å². The Hall–Kier alpha value is -1.14. The number of nitrogens with two attached hydrogens (primary N) is 1. The lowest BCUT2D eigenvalue weighted by molar-refractivity contribution is -0.141. The minimum absolute atomic E-state index is 0.380. The Bertz CT molecular complexity index is 192. The van der Waals surface area contributed by atoms with Gasteiger partial charge in [0.1, 0.15) is 12.1 Å². The third-order valence-corrected chi connectivity index (χ3v) is 1.52. The molecule has 0 aliphatic heterocycles. The zero-order valence-corrected chi connectivity index (χ0v) is 8.89. The first-order valence-corrected chi connectivity index (χ1v) is 4.07. The van der Waals surface area contributed by atoms with E-state index in [2.05, 4.69) is 0 Å². The molecule has 14 heavy (non-hydrogen) atoms. The summed E-state index contributed by atoms with van der Waals surface area (Å²) in [4.78, 5) is 21.3. The van der Waals surface area contributed by atoms with Crippen LogP contribution in [0.15, 0.2) is 0 Å². The Morgan fingerprint density at radius 3 is 1.43 bits per heavy atom. The van der Waals surface area contributed by atoms with Crippen molar-refractivity contribution in [2.75, 3.05) is 14.1 Å². The molecular weight excluding hydrogens is 188 g/mol. The average Bonchev–Trinajstić information content (AvgIpc) is 2.03. The number of carboxylic acid groups (broad SMARTS) is 2. The van der Waals surface area contributed by atoms with E-state index >= 15 is 0 Å². The minimum Gasteiger partial charge on any atom is -0.480 e. The lowest BCUT2D eigenvalue weighted by Crippen LogP contribution is -2.32. The van der Waals surface area contributed by atoms with E-state index in [1.54, 1.807) is 25.9 Å². The van der Waals surface area contributed by atoms with Crippen LogP contribution in [0.1, 0.15) is 13.8 Å². The van der Waals surface area contributed by atoms with Gasteiger partial charge in [0.2, 0.25) is 0 Å². The van der Waals surface area contributed by atoms with Crippen LogP contribution < -0.4 is 5.73 Å². The number of rotatable bonds is 3. The van der Waals surface area contributed by atoms with Gasteiger partial charge in [-0.1, -0.05) is 0 Å². The van der Waals surface area contributed by atoms with Crippen LogP contribution in [-0.2, 0) is 9.59 Å². The molecule has 6 heteroatoms. The first-order chi connectivity index (χ1) is 6.20. The first kappa shape index (κ1) is 15.3. The SMILES string of the molecule is CC(C(=O)O)N(C)C.C[C@H](N)C(=O)O. The van der Waals surface area contributed by atoms with Crippen LogP contribution in [0.5, 0.6) is 0 Å². The molecule has 0 aromatic carbocycles. The third-order valence-electron chi connectivity index (χ3n) is 1.52. The van der Waals surface area contributed by atoms with E-state index in [0.29, 0.717) is 0 Å². The maximum atomic E-state index is 10.1. The van der Waals surface area contributed by atoms with Gasteiger partial charge in [-0.05, 0) is 27.9 Å². The summed E-state index contributed by atoms with van der Waals surface area (Å²) in [7, 11) is 3.47. The number of likely N-dealkylation sites (N-methyl/N-ethyl adjacent to an activating group) is 1. The van der Waals surface area contributed by atoms with Crippen LogP contribution in [0.2, 0.25) is 0 Å². The molecule has 2 atom stereocenters. The van der Waals surface area contributed by atoms with Crippen LogP contribution in [0.3, 0.4) is 0 Å². The van der Waals surface area contributed by atoms with Crippen molar-refractivity contribution in [3.8, 4) is 0 Å². The van der Waals surface area contributed by atoms with Gasteiger partial charge in [-0.3, -0.25) is 14.5 Å². The molecule has 0 aromatic heterocycles. The normalized spacial score (nSPS) is 13.9. The van der Waals surface area contributed by atoms with E-state index in [1.165, 1.54) is 6.92 Å². The topological polar surface area (TPSA) is 104 Å². The molecule has 0 rings (SSSR count). The van der Waals surface area contributed by atoms with E-state index in [9.17, 15) is 9.59 Å². The smallest absolute Gasteiger partial charge is 0.320 e. The predicted molar refractivity (Wildman–Crippen MR) is 52.1 cm³/mol. The largest absolute Gasteiger partial charge is 0.480 e. The number of nitrogens with zero attached hydrogens (tertiary/aromatic N) is 1. The summed E-state index contributed by atoms with van der Waals surface area (Å²) in [5.41, 5.74) is 4.84. The fourth-order valence-corrected chi connectivity index (χ4v) is 0.221. The zero-order chi connectivity index (χ0) is 11.9. The summed E-state index contributed by atoms with van der Waals surface area (Å²) in [6.07, 6.45) is 0. The number of hydrogen-bond acceptors (Lipinski definition) is 4. The Morgan fingerprint density at radius 1 is 1.14 bits per heavy atom. The Kier molecular flexibility index (Phi) is 7.98. The number of carboxylic acids is 2. The van der Waals surface area contributed by atoms with E-state index in [1.807, 2.05) is 0 Å². The molecule has 6 nitrogen and oxygen atoms in total. The molecule has 0 heterocycles. The van der Waals surface area contributed by atoms with Gasteiger partial charge >= 0.3 is 11.9 Å². The molecule has 0 spiro atoms. The highest BCUT2D eigenvalue weighted by Gasteiger charge is 2.11. The van der Waals surface area contributed by atoms with Gasteiger partial charge in [0.25, 0.3) is 0 Å². The van der Waals surface area contributed by atoms with Crippen LogP contribution in [0.25, 0.3) is 0 Å². The van der Waals surface area contributed by atoms with Gasteiger partial charge in [0.15, 0.2) is 0 Å². The average molecular weight is 206 g/mol. The molecule has 0 saturated heterocycles. The quantitative estimate of drug-likeness (QED) is 0.571. The summed E-state index contributed by atoms with van der Waals surface area (Å²) >= 11 is 0. The third kappa shape index (κ3) is 8.95. The summed E-state index contributed by atoms with van der Waals surface area (Å²) < 4.78 is 0. The fraction of sp³-hybridized carbons (Fsp3) is 0.750. The van der Waals surface area contributed by atoms with Gasteiger partial charge in [0, 0.05) is 0 Å². The van der Waals surface area contributed by atoms with Crippen molar-refractivity contribution >= 4 is 11.9 Å². The summed E-state index contributed by atoms with van der Waals surface area (Å²) in [6.45, 7) is 3.06. The number of hydrogen-bond donors (Lipinski definition) is 3. The highest BCUT2D eigenvalue weighted by atomic mass is 16.4. The monoisotopic (exact) mass is 206 g/mol. The molecule has 0 aliphatic carbocycles. The summed E-state index contributed by atoms with van der Waals surface area (Å²) in [6, 6.07) is -1.11. The lowest BCUT2D eigenvalue weighted by atomic mass is 10.3. The van der Waals surface area contributed by atoms with Crippen LogP contribution in [0.4, 0.5) is 0 Å². The highest BCUT2D eigenvalue weighted by Crippen LogP contribution is 1.88. The minimum atomic E-state index is -0.963. The molecule has 0 aromatic rings. The fourth-order valence-electron chi connectivity index (χ4n) is 0.221. The van der Waals surface area contributed by atoms with Gasteiger partial charge in [-0.2, -0.15) is 0 Å². The molecule has 0 aliphatic rings. The van der Waals surface area contributed by atoms with E-state index < -0.39 is 18.0 Å². The van der Waals surface area contributed by atoms with Crippen molar-refractivity contribution in [1.82, 2.24) is 4.90 Å². The maximum Gasteiger partial charge on any atom is 0.320 e. The predicted octanol–water partition coefficient (Wildman–Crippen LogP) is -0.561. The molecular formula is C8H18N2O4. The highest BCUT2D eigenvalue weighted by molar-refractivity contribution is 5.72. The molecule has 1 unspecified atom stereocenters. The molecule has 0 bridgehead atoms. The molecule has 0 fully saturated rings. The lowest BCUT2D eigenvalue weighted by Gasteiger charge is -2.13. The van der Waals surface area contributed by atoms with Gasteiger partial charge in [0.05, 0.1) is 0 Å². The molecule has 84 valence electrons. The summed E-state index contributed by atoms with van der Waals surface area (Å²) in [5.74, 6) is -1.75. The number of carbonyl (C=O) groups is 2. The maximum absolute atomic E-state index is 10.1. The first-order valence-electron chi connectivity index (χ1n) is 4.07. The van der Waals surface area contributed by atoms with E-state index in [4.69, 9.17) is 15.9 Å². The van der Waals surface area contributed by atoms with Gasteiger partial charge in [-0.15, -0.1) is 0 Å². The number of aliphatic carboxylic acids is 2. The second kappa shape index (κ2) is 7.28. The van der Waals surface area contributed by atoms with Crippen molar-refractivity contribution in [3.63, 3.8) is 0 Å². The van der Waals surface area contributed by atoms with Crippen molar-refractivity contribution < 1.29 is 19.8 Å². The second-order valence-electron chi connectivity index (χ2n) is 3.10. The molecule has 0 amide bonds. The van der Waals surface area contributed by atoms with Crippen LogP contribution in [0, 0.1) is 0 Å². The Morgan fingerprint density at radius 2 is 1.43 bits per heavy atom. The molecule has 0 radical (unpaired) electrons. The summed E-state index contributed by atoms with van der Waals surface area (Å²) in [5, 5.41) is 16.2. The van der Waals surface area contributed by atoms with Crippen molar-refractivity contribution in [3.05, 3.63) is 0 Å². The molecule has 0 saturated carbocycles. The van der Waals surface area contributed by atoms with Gasteiger partial charge in [-0.25, -0.2) is 0 Å². The van der Waals surface area contributed by atoms with Crippen LogP contribution in [-0.4, -0.2) is 53.2 Å². The Balaban J connectivity index is 0.